The predicted octanol–water partition coefficient (Wildman–Crippen LogP) is 11.2. The van der Waals surface area contributed by atoms with Gasteiger partial charge in [-0.25, -0.2) is 0 Å². The Morgan fingerprint density at radius 3 is 1.36 bits per heavy atom. The second-order valence-electron chi connectivity index (χ2n) is 13.9. The number of rotatable bonds is 13. The van der Waals surface area contributed by atoms with Crippen molar-refractivity contribution in [3.05, 3.63) is 36.4 Å². The summed E-state index contributed by atoms with van der Waals surface area (Å²) in [6, 6.07) is 15.2. The van der Waals surface area contributed by atoms with Crippen LogP contribution in [0.25, 0.3) is 42.0 Å². The van der Waals surface area contributed by atoms with E-state index < -0.39 is 36.8 Å². The first kappa shape index (κ1) is 30.2. The van der Waals surface area contributed by atoms with E-state index in [1.165, 1.54) is 106 Å². The van der Waals surface area contributed by atoms with E-state index >= 15 is 0 Å². The normalized spacial score (nSPS) is 13.1. The summed E-state index contributed by atoms with van der Waals surface area (Å²) < 4.78 is 9.05. The van der Waals surface area contributed by atoms with E-state index in [9.17, 15) is 0 Å². The van der Waals surface area contributed by atoms with Gasteiger partial charge in [-0.1, -0.05) is 39.0 Å². The predicted molar refractivity (Wildman–Crippen MR) is 188 cm³/mol. The van der Waals surface area contributed by atoms with Crippen LogP contribution in [0.2, 0.25) is 29.6 Å². The van der Waals surface area contributed by atoms with Crippen LogP contribution in [-0.4, -0.2) is 41.3 Å². The molecule has 0 amide bonds. The SMILES string of the molecule is CCCCCCCCCCCCn1c2cc3c[c]([Sn]([CH3])([CH3])[CH3])sc3cc2c2cc3s[c]([Sn]([CH3])([CH3])[CH3])cc3cc21. The first-order chi connectivity index (χ1) is 18.6. The van der Waals surface area contributed by atoms with E-state index in [0.29, 0.717) is 0 Å². The number of benzene rings is 2. The van der Waals surface area contributed by atoms with Crippen molar-refractivity contribution in [2.45, 2.75) is 107 Å². The first-order valence-corrected chi connectivity index (χ1v) is 37.1. The summed E-state index contributed by atoms with van der Waals surface area (Å²) in [5, 5.41) is 5.87. The minimum absolute atomic E-state index is 1.14. The molecule has 0 aliphatic heterocycles. The van der Waals surface area contributed by atoms with E-state index in [4.69, 9.17) is 0 Å². The number of hydrogen-bond acceptors (Lipinski definition) is 2. The van der Waals surface area contributed by atoms with Crippen LogP contribution in [0.4, 0.5) is 0 Å². The average molecular weight is 773 g/mol. The van der Waals surface area contributed by atoms with Crippen LogP contribution in [0.1, 0.15) is 71.1 Å². The van der Waals surface area contributed by atoms with E-state index in [1.54, 1.807) is 5.79 Å². The molecule has 210 valence electrons. The maximum atomic E-state index is 2.68. The van der Waals surface area contributed by atoms with Crippen molar-refractivity contribution in [1.82, 2.24) is 4.57 Å². The molecule has 3 heterocycles. The molecule has 0 saturated heterocycles. The molecule has 5 rings (SSSR count). The minimum atomic E-state index is -2.09. The number of aromatic nitrogens is 1. The van der Waals surface area contributed by atoms with Gasteiger partial charge in [0.1, 0.15) is 0 Å². The topological polar surface area (TPSA) is 4.93 Å². The van der Waals surface area contributed by atoms with Gasteiger partial charge in [-0.15, -0.1) is 0 Å². The van der Waals surface area contributed by atoms with Crippen molar-refractivity contribution in [1.29, 1.82) is 0 Å². The Morgan fingerprint density at radius 1 is 0.538 bits per heavy atom. The molecule has 0 N–H and O–H groups in total. The fourth-order valence-corrected chi connectivity index (χ4v) is 18.7. The van der Waals surface area contributed by atoms with E-state index in [1.807, 2.05) is 0 Å². The molecule has 0 spiro atoms. The standard InChI is InChI=1S/C28H31NS2.6CH3.2Sn/c1-2-3-4-5-6-7-8-9-10-11-14-29-25-17-21-12-15-30-27(21)19-23(25)24-20-28-22(13-16-31-28)18-26(24)29;;;;;;;;/h12-13,17-20H,2-11,14H2,1H3;6*1H3;;. The molecular formula is C34H49NS2Sn2. The zero-order valence-electron chi connectivity index (χ0n) is 25.5. The van der Waals surface area contributed by atoms with Crippen LogP contribution in [0.5, 0.6) is 0 Å². The quantitative estimate of drug-likeness (QED) is 0.0830. The Labute approximate surface area is 253 Å². The van der Waals surface area contributed by atoms with Crippen molar-refractivity contribution in [3.8, 4) is 0 Å². The summed E-state index contributed by atoms with van der Waals surface area (Å²) in [6.07, 6.45) is 13.9. The fraction of sp³-hybridized carbons (Fsp3) is 0.529. The molecule has 0 radical (unpaired) electrons. The van der Waals surface area contributed by atoms with Crippen LogP contribution in [0.3, 0.4) is 0 Å². The molecule has 3 aromatic heterocycles. The molecule has 5 heteroatoms. The average Bonchev–Trinajstić information content (AvgIpc) is 3.56. The summed E-state index contributed by atoms with van der Waals surface area (Å²) in [4.78, 5) is 15.3. The van der Waals surface area contributed by atoms with Gasteiger partial charge in [0.05, 0.1) is 0 Å². The summed E-state index contributed by atoms with van der Waals surface area (Å²) >= 11 is -0.0288. The Hall–Kier alpha value is -0.243. The third-order valence-electron chi connectivity index (χ3n) is 8.35. The van der Waals surface area contributed by atoms with Gasteiger partial charge in [-0.2, -0.15) is 0 Å². The second kappa shape index (κ2) is 12.5. The van der Waals surface area contributed by atoms with Crippen molar-refractivity contribution >= 4 is 107 Å². The summed E-state index contributed by atoms with van der Waals surface area (Å²) in [6.45, 7) is 3.44. The summed E-state index contributed by atoms with van der Waals surface area (Å²) in [5.41, 5.74) is 2.91. The van der Waals surface area contributed by atoms with Crippen molar-refractivity contribution in [2.75, 3.05) is 0 Å². The summed E-state index contributed by atoms with van der Waals surface area (Å²) in [5.74, 6) is 0. The van der Waals surface area contributed by atoms with Gasteiger partial charge in [-0.05, 0) is 0 Å². The fourth-order valence-electron chi connectivity index (χ4n) is 5.90. The van der Waals surface area contributed by atoms with Crippen molar-refractivity contribution < 1.29 is 0 Å². The molecule has 0 fully saturated rings. The van der Waals surface area contributed by atoms with E-state index in [-0.39, 0.29) is 0 Å². The van der Waals surface area contributed by atoms with Crippen molar-refractivity contribution in [2.24, 2.45) is 0 Å². The zero-order chi connectivity index (χ0) is 27.8. The number of fused-ring (bicyclic) bond motifs is 5. The molecular weight excluding hydrogens is 724 g/mol. The van der Waals surface area contributed by atoms with Crippen LogP contribution in [-0.2, 0) is 6.54 Å². The molecule has 0 atom stereocenters. The Bertz CT molecular complexity index is 1470. The second-order valence-corrected chi connectivity index (χ2v) is 46.9. The molecule has 39 heavy (non-hydrogen) atoms. The van der Waals surface area contributed by atoms with Gasteiger partial charge in [0, 0.05) is 0 Å². The van der Waals surface area contributed by atoms with Crippen molar-refractivity contribution in [3.63, 3.8) is 0 Å². The molecule has 0 aliphatic rings. The van der Waals surface area contributed by atoms with Gasteiger partial charge in [0.15, 0.2) is 0 Å². The molecule has 0 aliphatic carbocycles. The van der Waals surface area contributed by atoms with E-state index in [2.05, 4.69) is 100 Å². The number of aryl methyl sites for hydroxylation is 1. The van der Waals surface area contributed by atoms with Crippen LogP contribution < -0.4 is 5.79 Å². The number of unbranched alkanes of at least 4 members (excludes halogenated alkanes) is 9. The number of nitrogens with zero attached hydrogens (tertiary/aromatic N) is 1. The molecule has 0 bridgehead atoms. The Morgan fingerprint density at radius 2 is 0.949 bits per heavy atom. The monoisotopic (exact) mass is 775 g/mol. The molecule has 0 saturated carbocycles. The Kier molecular flexibility index (Phi) is 9.73. The molecule has 1 nitrogen and oxygen atoms in total. The molecule has 5 aromatic rings. The van der Waals surface area contributed by atoms with Gasteiger partial charge in [-0.3, -0.25) is 0 Å². The van der Waals surface area contributed by atoms with Crippen LogP contribution in [0, 0.1) is 0 Å². The number of thiophene rings is 2. The van der Waals surface area contributed by atoms with Crippen LogP contribution in [0.15, 0.2) is 36.4 Å². The van der Waals surface area contributed by atoms with Gasteiger partial charge in [0.2, 0.25) is 0 Å². The molecule has 2 aromatic carbocycles. The maximum absolute atomic E-state index is 2.68. The Balaban J connectivity index is 1.45. The van der Waals surface area contributed by atoms with Crippen LogP contribution >= 0.6 is 22.7 Å². The third-order valence-corrected chi connectivity index (χ3v) is 29.4. The van der Waals surface area contributed by atoms with Gasteiger partial charge in [0.25, 0.3) is 0 Å². The summed E-state index contributed by atoms with van der Waals surface area (Å²) in [7, 11) is 0. The van der Waals surface area contributed by atoms with Gasteiger partial charge < -0.3 is 0 Å². The molecule has 0 unspecified atom stereocenters. The third kappa shape index (κ3) is 6.88. The first-order valence-electron chi connectivity index (χ1n) is 15.5. The zero-order valence-corrected chi connectivity index (χ0v) is 32.8. The van der Waals surface area contributed by atoms with Gasteiger partial charge >= 0.3 is 216 Å². The van der Waals surface area contributed by atoms with E-state index in [0.717, 1.165) is 6.54 Å². The number of hydrogen-bond donors (Lipinski definition) is 0.